The average Bonchev–Trinajstić information content (AvgIpc) is 2.85. The number of amides is 1. The summed E-state index contributed by atoms with van der Waals surface area (Å²) in [7, 11) is 2.20. The Balaban J connectivity index is 1.21. The number of morpholine rings is 1. The van der Waals surface area contributed by atoms with Gasteiger partial charge in [-0.1, -0.05) is 12.1 Å². The summed E-state index contributed by atoms with van der Waals surface area (Å²) >= 11 is 0. The van der Waals surface area contributed by atoms with Crippen LogP contribution in [0.15, 0.2) is 42.5 Å². The van der Waals surface area contributed by atoms with E-state index in [1.54, 1.807) is 0 Å². The van der Waals surface area contributed by atoms with Gasteiger partial charge in [-0.2, -0.15) is 0 Å². The normalized spacial score (nSPS) is 21.8. The molecular formula is C26H34N4O2. The topological polar surface area (TPSA) is 48.0 Å². The van der Waals surface area contributed by atoms with Crippen LogP contribution >= 0.6 is 0 Å². The van der Waals surface area contributed by atoms with E-state index in [0.717, 1.165) is 83.0 Å². The highest BCUT2D eigenvalue weighted by atomic mass is 16.5. The lowest BCUT2D eigenvalue weighted by Crippen LogP contribution is -2.45. The molecule has 32 heavy (non-hydrogen) atoms. The van der Waals surface area contributed by atoms with Crippen molar-refractivity contribution in [1.29, 1.82) is 0 Å². The van der Waals surface area contributed by atoms with Crippen LogP contribution in [0.4, 0.5) is 11.4 Å². The summed E-state index contributed by atoms with van der Waals surface area (Å²) in [5.74, 6) is 0.0298. The van der Waals surface area contributed by atoms with E-state index in [0.29, 0.717) is 0 Å². The number of likely N-dealkylation sites (N-methyl/N-ethyl adjacent to an activating group) is 1. The Morgan fingerprint density at radius 1 is 0.938 bits per heavy atom. The quantitative estimate of drug-likeness (QED) is 0.802. The number of fused-ring (bicyclic) bond motifs is 1. The Hall–Kier alpha value is -2.57. The van der Waals surface area contributed by atoms with Crippen molar-refractivity contribution >= 4 is 17.3 Å². The number of piperazine rings is 1. The van der Waals surface area contributed by atoms with Gasteiger partial charge in [-0.05, 0) is 67.8 Å². The molecule has 170 valence electrons. The minimum atomic E-state index is 0.0298. The van der Waals surface area contributed by atoms with E-state index in [2.05, 4.69) is 57.4 Å². The molecule has 0 aromatic heterocycles. The first-order valence-corrected chi connectivity index (χ1v) is 12.0. The van der Waals surface area contributed by atoms with E-state index in [4.69, 9.17) is 4.74 Å². The number of hydrogen-bond acceptors (Lipinski definition) is 5. The van der Waals surface area contributed by atoms with Gasteiger partial charge in [0.05, 0.1) is 13.2 Å². The highest BCUT2D eigenvalue weighted by Crippen LogP contribution is 2.31. The maximum Gasteiger partial charge on any atom is 0.251 e. The zero-order valence-electron chi connectivity index (χ0n) is 19.1. The number of carbonyl (C=O) groups is 1. The van der Waals surface area contributed by atoms with E-state index in [9.17, 15) is 4.79 Å². The van der Waals surface area contributed by atoms with Crippen molar-refractivity contribution in [3.05, 3.63) is 59.2 Å². The Labute approximate surface area is 191 Å². The van der Waals surface area contributed by atoms with Crippen LogP contribution in [0.5, 0.6) is 0 Å². The van der Waals surface area contributed by atoms with Gasteiger partial charge >= 0.3 is 0 Å². The first kappa shape index (κ1) is 21.3. The third-order valence-corrected chi connectivity index (χ3v) is 7.14. The van der Waals surface area contributed by atoms with Crippen LogP contribution in [-0.2, 0) is 17.6 Å². The molecule has 1 aliphatic carbocycles. The molecule has 2 heterocycles. The lowest BCUT2D eigenvalue weighted by Gasteiger charge is -2.37. The van der Waals surface area contributed by atoms with Crippen LogP contribution in [0.2, 0.25) is 0 Å². The molecule has 0 spiro atoms. The second-order valence-electron chi connectivity index (χ2n) is 9.26. The second kappa shape index (κ2) is 9.51. The van der Waals surface area contributed by atoms with Crippen molar-refractivity contribution in [2.45, 2.75) is 25.3 Å². The van der Waals surface area contributed by atoms with Crippen LogP contribution in [0.3, 0.4) is 0 Å². The molecule has 5 rings (SSSR count). The molecule has 2 aromatic rings. The van der Waals surface area contributed by atoms with Crippen molar-refractivity contribution in [3.63, 3.8) is 0 Å². The lowest BCUT2D eigenvalue weighted by atomic mass is 9.86. The highest BCUT2D eigenvalue weighted by Gasteiger charge is 2.25. The van der Waals surface area contributed by atoms with E-state index in [1.165, 1.54) is 16.8 Å². The number of ether oxygens (including phenoxy) is 1. The van der Waals surface area contributed by atoms with Gasteiger partial charge in [-0.15, -0.1) is 0 Å². The van der Waals surface area contributed by atoms with Gasteiger partial charge in [0.15, 0.2) is 0 Å². The number of nitrogens with one attached hydrogen (secondary N) is 1. The molecule has 0 saturated carbocycles. The second-order valence-corrected chi connectivity index (χ2v) is 9.26. The van der Waals surface area contributed by atoms with E-state index >= 15 is 0 Å². The maximum absolute atomic E-state index is 12.9. The van der Waals surface area contributed by atoms with E-state index < -0.39 is 0 Å². The Kier molecular flexibility index (Phi) is 6.32. The number of nitrogens with zero attached hydrogens (tertiary/aromatic N) is 3. The SMILES string of the molecule is CN1CCN(c2cccc3c2CCC(NC(=O)c2ccc(N4CCOCC4)cc2)C3)CC1. The lowest BCUT2D eigenvalue weighted by molar-refractivity contribution is 0.0933. The number of carbonyl (C=O) groups excluding carboxylic acids is 1. The monoisotopic (exact) mass is 434 g/mol. The molecule has 6 heteroatoms. The Bertz CT molecular complexity index is 931. The number of anilines is 2. The molecule has 3 aliphatic rings. The molecule has 2 fully saturated rings. The predicted octanol–water partition coefficient (Wildman–Crippen LogP) is 2.56. The number of benzene rings is 2. The third kappa shape index (κ3) is 4.62. The zero-order chi connectivity index (χ0) is 21.9. The van der Waals surface area contributed by atoms with Crippen molar-refractivity contribution in [2.75, 3.05) is 69.3 Å². The fourth-order valence-electron chi connectivity index (χ4n) is 5.17. The van der Waals surface area contributed by atoms with Gasteiger partial charge in [-0.3, -0.25) is 4.79 Å². The molecule has 6 nitrogen and oxygen atoms in total. The first-order valence-electron chi connectivity index (χ1n) is 12.0. The third-order valence-electron chi connectivity index (χ3n) is 7.14. The van der Waals surface area contributed by atoms with Crippen molar-refractivity contribution in [3.8, 4) is 0 Å². The van der Waals surface area contributed by atoms with Crippen molar-refractivity contribution in [2.24, 2.45) is 0 Å². The molecule has 1 atom stereocenters. The molecule has 2 aromatic carbocycles. The minimum absolute atomic E-state index is 0.0298. The van der Waals surface area contributed by atoms with Gasteiger partial charge in [-0.25, -0.2) is 0 Å². The van der Waals surface area contributed by atoms with Crippen LogP contribution in [0.25, 0.3) is 0 Å². The van der Waals surface area contributed by atoms with Gasteiger partial charge in [0, 0.05) is 62.2 Å². The van der Waals surface area contributed by atoms with Gasteiger partial charge in [0.2, 0.25) is 0 Å². The largest absolute Gasteiger partial charge is 0.378 e. The Morgan fingerprint density at radius 2 is 1.69 bits per heavy atom. The summed E-state index contributed by atoms with van der Waals surface area (Å²) in [5, 5.41) is 3.29. The van der Waals surface area contributed by atoms with Gasteiger partial charge in [0.25, 0.3) is 5.91 Å². The number of rotatable bonds is 4. The smallest absolute Gasteiger partial charge is 0.251 e. The first-order chi connectivity index (χ1) is 15.7. The minimum Gasteiger partial charge on any atom is -0.378 e. The molecule has 1 N–H and O–H groups in total. The van der Waals surface area contributed by atoms with Crippen LogP contribution in [0.1, 0.15) is 27.9 Å². The molecule has 2 saturated heterocycles. The average molecular weight is 435 g/mol. The molecule has 0 radical (unpaired) electrons. The zero-order valence-corrected chi connectivity index (χ0v) is 19.1. The van der Waals surface area contributed by atoms with Gasteiger partial charge < -0.3 is 24.8 Å². The van der Waals surface area contributed by atoms with E-state index in [1.807, 2.05) is 12.1 Å². The summed E-state index contributed by atoms with van der Waals surface area (Å²) < 4.78 is 5.43. The van der Waals surface area contributed by atoms with E-state index in [-0.39, 0.29) is 11.9 Å². The summed E-state index contributed by atoms with van der Waals surface area (Å²) in [5.41, 5.74) is 6.17. The summed E-state index contributed by atoms with van der Waals surface area (Å²) in [6.45, 7) is 7.76. The molecular weight excluding hydrogens is 400 g/mol. The molecule has 1 amide bonds. The summed E-state index contributed by atoms with van der Waals surface area (Å²) in [6, 6.07) is 14.9. The summed E-state index contributed by atoms with van der Waals surface area (Å²) in [4.78, 5) is 20.1. The fraction of sp³-hybridized carbons (Fsp3) is 0.500. The molecule has 0 bridgehead atoms. The fourth-order valence-corrected chi connectivity index (χ4v) is 5.17. The van der Waals surface area contributed by atoms with Crippen LogP contribution < -0.4 is 15.1 Å². The predicted molar refractivity (Wildman–Crippen MR) is 129 cm³/mol. The maximum atomic E-state index is 12.9. The Morgan fingerprint density at radius 3 is 2.44 bits per heavy atom. The highest BCUT2D eigenvalue weighted by molar-refractivity contribution is 5.94. The van der Waals surface area contributed by atoms with Crippen LogP contribution in [0, 0.1) is 0 Å². The number of hydrogen-bond donors (Lipinski definition) is 1. The van der Waals surface area contributed by atoms with Crippen molar-refractivity contribution in [1.82, 2.24) is 10.2 Å². The molecule has 1 unspecified atom stereocenters. The van der Waals surface area contributed by atoms with Gasteiger partial charge in [0.1, 0.15) is 0 Å². The van der Waals surface area contributed by atoms with Crippen LogP contribution in [-0.4, -0.2) is 76.4 Å². The standard InChI is InChI=1S/C26H34N4O2/c1-28-11-13-30(14-12-28)25-4-2-3-21-19-22(7-10-24(21)25)27-26(31)20-5-8-23(9-6-20)29-15-17-32-18-16-29/h2-6,8-9,22H,7,10-19H2,1H3,(H,27,31). The molecule has 2 aliphatic heterocycles. The van der Waals surface area contributed by atoms with Crippen molar-refractivity contribution < 1.29 is 9.53 Å². The summed E-state index contributed by atoms with van der Waals surface area (Å²) in [6.07, 6.45) is 2.93.